The van der Waals surface area contributed by atoms with Crippen molar-refractivity contribution in [3.05, 3.63) is 34.9 Å². The molecule has 0 aliphatic carbocycles. The molecule has 1 amide bonds. The molecule has 34 heavy (non-hydrogen) atoms. The average molecular weight is 491 g/mol. The zero-order valence-electron chi connectivity index (χ0n) is 21.4. The van der Waals surface area contributed by atoms with E-state index in [2.05, 4.69) is 40.4 Å². The molecule has 0 aromatic carbocycles. The van der Waals surface area contributed by atoms with Crippen LogP contribution in [0.3, 0.4) is 0 Å². The number of hydrogen-bond donors (Lipinski definition) is 0. The number of halogens is 1. The topological polar surface area (TPSA) is 59.3 Å². The van der Waals surface area contributed by atoms with Gasteiger partial charge in [0.15, 0.2) is 0 Å². The summed E-state index contributed by atoms with van der Waals surface area (Å²) in [5.41, 5.74) is 1.74. The number of imidazole rings is 1. The minimum absolute atomic E-state index is 0.0624. The predicted molar refractivity (Wildman–Crippen MR) is 135 cm³/mol. The third-order valence-corrected chi connectivity index (χ3v) is 7.37. The lowest BCUT2D eigenvalue weighted by Crippen LogP contribution is -2.54. The molecule has 2 aromatic rings. The standard InChI is InChI=1S/C26H39ClN4O3/c1-17(2)23(8-7-21-16-33-10-9-30(21)25(32)34-26(4,5)6)29-13-20(14-29)19-11-22(27)24-12-28-18(3)31(24)15-19/h11-12,15,17,20-21,23H,7-10,13-14,16H2,1-6H3/t21-,23-/m0/s1. The fourth-order valence-electron chi connectivity index (χ4n) is 5.17. The van der Waals surface area contributed by atoms with Crippen LogP contribution < -0.4 is 0 Å². The molecule has 2 saturated heterocycles. The van der Waals surface area contributed by atoms with Gasteiger partial charge in [0.05, 0.1) is 36.0 Å². The van der Waals surface area contributed by atoms with E-state index >= 15 is 0 Å². The van der Waals surface area contributed by atoms with E-state index in [4.69, 9.17) is 21.1 Å². The molecule has 2 atom stereocenters. The van der Waals surface area contributed by atoms with Crippen molar-refractivity contribution in [3.63, 3.8) is 0 Å². The van der Waals surface area contributed by atoms with Crippen LogP contribution in [0.15, 0.2) is 18.5 Å². The summed E-state index contributed by atoms with van der Waals surface area (Å²) in [6.45, 7) is 16.1. The Bertz CT molecular complexity index is 1010. The monoisotopic (exact) mass is 490 g/mol. The molecule has 2 aromatic heterocycles. The lowest BCUT2D eigenvalue weighted by atomic mass is 9.86. The summed E-state index contributed by atoms with van der Waals surface area (Å²) in [4.78, 5) is 21.6. The molecule has 0 radical (unpaired) electrons. The van der Waals surface area contributed by atoms with Crippen molar-refractivity contribution in [2.75, 3.05) is 32.8 Å². The highest BCUT2D eigenvalue weighted by Gasteiger charge is 2.37. The summed E-state index contributed by atoms with van der Waals surface area (Å²) in [5, 5.41) is 0.761. The van der Waals surface area contributed by atoms with E-state index in [1.807, 2.05) is 38.8 Å². The molecule has 2 fully saturated rings. The first-order chi connectivity index (χ1) is 16.0. The number of carbonyl (C=O) groups is 1. The molecule has 8 heteroatoms. The van der Waals surface area contributed by atoms with Crippen LogP contribution in [0, 0.1) is 12.8 Å². The molecular formula is C26H39ClN4O3. The highest BCUT2D eigenvalue weighted by molar-refractivity contribution is 6.33. The molecule has 0 unspecified atom stereocenters. The predicted octanol–water partition coefficient (Wildman–Crippen LogP) is 5.14. The quantitative estimate of drug-likeness (QED) is 0.561. The highest BCUT2D eigenvalue weighted by atomic mass is 35.5. The van der Waals surface area contributed by atoms with E-state index < -0.39 is 5.60 Å². The fraction of sp³-hybridized carbons (Fsp3) is 0.692. The van der Waals surface area contributed by atoms with Crippen LogP contribution in [0.5, 0.6) is 0 Å². The molecule has 188 valence electrons. The van der Waals surface area contributed by atoms with Gasteiger partial charge in [0, 0.05) is 37.8 Å². The number of amides is 1. The van der Waals surface area contributed by atoms with Crippen LogP contribution in [-0.4, -0.2) is 75.8 Å². The molecule has 4 heterocycles. The normalized spacial score (nSPS) is 21.2. The summed E-state index contributed by atoms with van der Waals surface area (Å²) in [6, 6.07) is 2.63. The number of likely N-dealkylation sites (tertiary alicyclic amines) is 1. The van der Waals surface area contributed by atoms with Gasteiger partial charge in [-0.15, -0.1) is 0 Å². The summed E-state index contributed by atoms with van der Waals surface area (Å²) in [7, 11) is 0. The minimum atomic E-state index is -0.492. The maximum Gasteiger partial charge on any atom is 0.410 e. The second kappa shape index (κ2) is 10.0. The first-order valence-electron chi connectivity index (χ1n) is 12.5. The van der Waals surface area contributed by atoms with E-state index in [1.54, 1.807) is 0 Å². The van der Waals surface area contributed by atoms with E-state index in [1.165, 1.54) is 5.56 Å². The van der Waals surface area contributed by atoms with Crippen molar-refractivity contribution in [1.29, 1.82) is 0 Å². The Morgan fingerprint density at radius 3 is 2.74 bits per heavy atom. The molecule has 0 spiro atoms. The third kappa shape index (κ3) is 5.52. The van der Waals surface area contributed by atoms with Crippen molar-refractivity contribution >= 4 is 23.2 Å². The van der Waals surface area contributed by atoms with Gasteiger partial charge in [-0.25, -0.2) is 9.78 Å². The summed E-state index contributed by atoms with van der Waals surface area (Å²) in [5.74, 6) is 1.96. The van der Waals surface area contributed by atoms with Gasteiger partial charge in [-0.1, -0.05) is 25.4 Å². The smallest absolute Gasteiger partial charge is 0.410 e. The van der Waals surface area contributed by atoms with E-state index in [0.29, 0.717) is 37.6 Å². The zero-order valence-corrected chi connectivity index (χ0v) is 22.1. The Hall–Kier alpha value is -1.83. The van der Waals surface area contributed by atoms with E-state index in [-0.39, 0.29) is 12.1 Å². The van der Waals surface area contributed by atoms with Crippen molar-refractivity contribution < 1.29 is 14.3 Å². The lowest BCUT2D eigenvalue weighted by Gasteiger charge is -2.47. The minimum Gasteiger partial charge on any atom is -0.444 e. The van der Waals surface area contributed by atoms with E-state index in [0.717, 1.165) is 42.3 Å². The van der Waals surface area contributed by atoms with Crippen LogP contribution in [0.25, 0.3) is 5.52 Å². The Morgan fingerprint density at radius 2 is 2.06 bits per heavy atom. The van der Waals surface area contributed by atoms with Gasteiger partial charge >= 0.3 is 6.09 Å². The second-order valence-electron chi connectivity index (χ2n) is 11.1. The third-order valence-electron chi connectivity index (χ3n) is 7.07. The van der Waals surface area contributed by atoms with Crippen molar-refractivity contribution in [1.82, 2.24) is 19.2 Å². The molecule has 0 saturated carbocycles. The van der Waals surface area contributed by atoms with Crippen LogP contribution in [0.4, 0.5) is 4.79 Å². The molecule has 2 aliphatic rings. The number of ether oxygens (including phenoxy) is 2. The number of nitrogens with zero attached hydrogens (tertiary/aromatic N) is 4. The second-order valence-corrected chi connectivity index (χ2v) is 11.5. The van der Waals surface area contributed by atoms with Crippen molar-refractivity contribution in [2.24, 2.45) is 5.92 Å². The Kier molecular flexibility index (Phi) is 7.46. The average Bonchev–Trinajstić information content (AvgIpc) is 3.09. The van der Waals surface area contributed by atoms with E-state index in [9.17, 15) is 4.79 Å². The molecule has 0 bridgehead atoms. The fourth-order valence-corrected chi connectivity index (χ4v) is 5.44. The maximum atomic E-state index is 12.7. The number of pyridine rings is 1. The van der Waals surface area contributed by atoms with Crippen molar-refractivity contribution in [2.45, 2.75) is 78.0 Å². The zero-order chi connectivity index (χ0) is 24.6. The molecule has 4 rings (SSSR count). The molecular weight excluding hydrogens is 452 g/mol. The highest BCUT2D eigenvalue weighted by Crippen LogP contribution is 2.35. The lowest BCUT2D eigenvalue weighted by molar-refractivity contribution is -0.0377. The summed E-state index contributed by atoms with van der Waals surface area (Å²) < 4.78 is 13.5. The van der Waals surface area contributed by atoms with Crippen LogP contribution in [0.1, 0.15) is 64.8 Å². The largest absolute Gasteiger partial charge is 0.444 e. The van der Waals surface area contributed by atoms with Crippen LogP contribution >= 0.6 is 11.6 Å². The Labute approximate surface area is 208 Å². The van der Waals surface area contributed by atoms with Crippen LogP contribution in [0.2, 0.25) is 5.02 Å². The van der Waals surface area contributed by atoms with Gasteiger partial charge in [0.1, 0.15) is 11.4 Å². The number of morpholine rings is 1. The van der Waals surface area contributed by atoms with Crippen molar-refractivity contribution in [3.8, 4) is 0 Å². The van der Waals surface area contributed by atoms with Gasteiger partial charge in [0.2, 0.25) is 0 Å². The molecule has 2 aliphatic heterocycles. The number of carbonyl (C=O) groups excluding carboxylic acids is 1. The number of fused-ring (bicyclic) bond motifs is 1. The maximum absolute atomic E-state index is 12.7. The number of hydrogen-bond acceptors (Lipinski definition) is 5. The number of aromatic nitrogens is 2. The number of aryl methyl sites for hydroxylation is 1. The molecule has 0 N–H and O–H groups in total. The van der Waals surface area contributed by atoms with Gasteiger partial charge in [-0.3, -0.25) is 4.90 Å². The summed E-state index contributed by atoms with van der Waals surface area (Å²) in [6.07, 6.45) is 5.73. The SMILES string of the molecule is Cc1ncc2c(Cl)cc(C3CN([C@@H](CC[C@H]4COCCN4C(=O)OC(C)(C)C)C(C)C)C3)cn12. The van der Waals surface area contributed by atoms with Gasteiger partial charge in [-0.2, -0.15) is 0 Å². The van der Waals surface area contributed by atoms with Gasteiger partial charge in [-0.05, 0) is 58.1 Å². The van der Waals surface area contributed by atoms with Crippen LogP contribution in [-0.2, 0) is 9.47 Å². The first-order valence-corrected chi connectivity index (χ1v) is 12.9. The number of rotatable bonds is 6. The first kappa shape index (κ1) is 25.3. The summed E-state index contributed by atoms with van der Waals surface area (Å²) >= 11 is 6.54. The molecule has 7 nitrogen and oxygen atoms in total. The van der Waals surface area contributed by atoms with Gasteiger partial charge < -0.3 is 18.8 Å². The van der Waals surface area contributed by atoms with Gasteiger partial charge in [0.25, 0.3) is 0 Å². The Balaban J connectivity index is 1.37. The Morgan fingerprint density at radius 1 is 1.32 bits per heavy atom.